The zero-order chi connectivity index (χ0) is 16.0. The predicted molar refractivity (Wildman–Crippen MR) is 76.3 cm³/mol. The van der Waals surface area contributed by atoms with Crippen molar-refractivity contribution >= 4 is 15.7 Å². The third-order valence-corrected chi connectivity index (χ3v) is 3.30. The fraction of sp³-hybridized carbons (Fsp3) is 0.385. The zero-order valence-electron chi connectivity index (χ0n) is 12.0. The highest BCUT2D eigenvalue weighted by atomic mass is 32.2. The van der Waals surface area contributed by atoms with E-state index in [1.165, 1.54) is 6.26 Å². The van der Waals surface area contributed by atoms with E-state index in [1.54, 1.807) is 23.3 Å². The molecule has 2 rings (SSSR count). The van der Waals surface area contributed by atoms with E-state index < -0.39 is 21.6 Å². The third kappa shape index (κ3) is 5.24. The van der Waals surface area contributed by atoms with Crippen molar-refractivity contribution in [2.24, 2.45) is 4.99 Å². The number of hydrogen-bond acceptors (Lipinski definition) is 7. The maximum Gasteiger partial charge on any atom is 0.227 e. The van der Waals surface area contributed by atoms with Crippen LogP contribution >= 0.6 is 0 Å². The number of aromatic nitrogens is 3. The lowest BCUT2D eigenvalue weighted by molar-refractivity contribution is -0.754. The van der Waals surface area contributed by atoms with Crippen molar-refractivity contribution in [1.82, 2.24) is 10.1 Å². The topological polar surface area (TPSA) is 112 Å². The molecule has 0 radical (unpaired) electrons. The van der Waals surface area contributed by atoms with Crippen molar-refractivity contribution in [3.05, 3.63) is 30.9 Å². The van der Waals surface area contributed by atoms with Gasteiger partial charge >= 0.3 is 0 Å². The Balaban J connectivity index is 1.82. The zero-order valence-corrected chi connectivity index (χ0v) is 12.9. The molecule has 0 saturated heterocycles. The minimum atomic E-state index is -3.24. The molecule has 0 N–H and O–H groups in total. The summed E-state index contributed by atoms with van der Waals surface area (Å²) in [5.74, 6) is -0.376. The normalized spacial score (nSPS) is 12.5. The van der Waals surface area contributed by atoms with Gasteiger partial charge in [0, 0.05) is 18.7 Å². The maximum atomic E-state index is 11.4. The molecule has 0 amide bonds. The molecule has 0 spiro atoms. The van der Waals surface area contributed by atoms with E-state index in [0.717, 1.165) is 11.8 Å². The molecule has 22 heavy (non-hydrogen) atoms. The Kier molecular flexibility index (Phi) is 5.21. The number of aliphatic imine (C=N–C) groups is 1. The molecule has 0 saturated carbocycles. The van der Waals surface area contributed by atoms with Gasteiger partial charge in [0.05, 0.1) is 11.8 Å². The molecular formula is C13H16N4O4S. The lowest BCUT2D eigenvalue weighted by atomic mass is 10.3. The van der Waals surface area contributed by atoms with Crippen LogP contribution in [0.2, 0.25) is 0 Å². The number of rotatable bonds is 7. The van der Waals surface area contributed by atoms with Gasteiger partial charge in [-0.1, -0.05) is 4.68 Å². The summed E-state index contributed by atoms with van der Waals surface area (Å²) in [4.78, 5) is 7.52. The fourth-order valence-electron chi connectivity index (χ4n) is 1.67. The van der Waals surface area contributed by atoms with E-state index in [9.17, 15) is 13.5 Å². The van der Waals surface area contributed by atoms with E-state index in [0.29, 0.717) is 18.9 Å². The fourth-order valence-corrected chi connectivity index (χ4v) is 2.05. The van der Waals surface area contributed by atoms with E-state index in [1.807, 2.05) is 6.07 Å². The van der Waals surface area contributed by atoms with E-state index >= 15 is 0 Å². The first-order valence-corrected chi connectivity index (χ1v) is 8.64. The highest BCUT2D eigenvalue weighted by Crippen LogP contribution is 2.13. The Hall–Kier alpha value is -2.29. The minimum Gasteiger partial charge on any atom is -0.862 e. The summed E-state index contributed by atoms with van der Waals surface area (Å²) < 4.78 is 28.6. The van der Waals surface area contributed by atoms with Gasteiger partial charge in [0.25, 0.3) is 0 Å². The molecule has 0 atom stereocenters. The Morgan fingerprint density at radius 1 is 1.50 bits per heavy atom. The van der Waals surface area contributed by atoms with Crippen molar-refractivity contribution in [3.63, 3.8) is 0 Å². The molecule has 9 heteroatoms. The quantitative estimate of drug-likeness (QED) is 0.388. The number of aryl methyl sites for hydroxylation is 1. The van der Waals surface area contributed by atoms with Crippen LogP contribution in [-0.2, 0) is 16.4 Å². The van der Waals surface area contributed by atoms with Gasteiger partial charge in [0.15, 0.2) is 22.6 Å². The Bertz CT molecular complexity index is 724. The summed E-state index contributed by atoms with van der Waals surface area (Å²) in [5.41, 5.74) is 0.764. The highest BCUT2D eigenvalue weighted by molar-refractivity contribution is 7.90. The summed E-state index contributed by atoms with van der Waals surface area (Å²) in [5, 5.41) is 15.6. The molecule has 2 heterocycles. The van der Waals surface area contributed by atoms with Gasteiger partial charge in [-0.25, -0.2) is 13.4 Å². The standard InChI is InChI=1S/C13H16N4O4S/c1-22(19,20)10-15-12(18)3-2-6-17-7-4-11(9-16-17)13-14-5-8-21-13/h4-5,7-9H,2-3,6,10H2,1H3. The van der Waals surface area contributed by atoms with Crippen LogP contribution in [0.25, 0.3) is 11.5 Å². The van der Waals surface area contributed by atoms with Crippen molar-refractivity contribution < 1.29 is 22.6 Å². The molecular weight excluding hydrogens is 308 g/mol. The van der Waals surface area contributed by atoms with Gasteiger partial charge in [-0.05, 0) is 17.4 Å². The third-order valence-electron chi connectivity index (χ3n) is 2.70. The summed E-state index contributed by atoms with van der Waals surface area (Å²) in [6.07, 6.45) is 8.19. The van der Waals surface area contributed by atoms with E-state index in [4.69, 9.17) is 4.42 Å². The number of sulfone groups is 1. The summed E-state index contributed by atoms with van der Waals surface area (Å²) >= 11 is 0. The lowest BCUT2D eigenvalue weighted by Crippen LogP contribution is -2.37. The smallest absolute Gasteiger partial charge is 0.227 e. The van der Waals surface area contributed by atoms with E-state index in [2.05, 4.69) is 15.1 Å². The van der Waals surface area contributed by atoms with Gasteiger partial charge in [-0.3, -0.25) is 4.99 Å². The van der Waals surface area contributed by atoms with Crippen LogP contribution in [0.5, 0.6) is 0 Å². The van der Waals surface area contributed by atoms with Crippen LogP contribution < -0.4 is 9.79 Å². The van der Waals surface area contributed by atoms with Gasteiger partial charge in [-0.15, -0.1) is 0 Å². The average Bonchev–Trinajstić information content (AvgIpc) is 2.99. The van der Waals surface area contributed by atoms with Gasteiger partial charge < -0.3 is 9.52 Å². The second-order valence-corrected chi connectivity index (χ2v) is 6.84. The van der Waals surface area contributed by atoms with Crippen LogP contribution in [0.4, 0.5) is 0 Å². The predicted octanol–water partition coefficient (Wildman–Crippen LogP) is -0.435. The average molecular weight is 324 g/mol. The first-order valence-electron chi connectivity index (χ1n) is 6.58. The molecule has 0 aliphatic heterocycles. The Morgan fingerprint density at radius 2 is 2.32 bits per heavy atom. The summed E-state index contributed by atoms with van der Waals surface area (Å²) in [7, 11) is -3.24. The van der Waals surface area contributed by atoms with Crippen molar-refractivity contribution in [3.8, 4) is 11.5 Å². The molecule has 0 aromatic carbocycles. The van der Waals surface area contributed by atoms with Crippen LogP contribution in [0.3, 0.4) is 0 Å². The molecule has 0 bridgehead atoms. The lowest BCUT2D eigenvalue weighted by Gasteiger charge is -2.08. The van der Waals surface area contributed by atoms with Gasteiger partial charge in [0.1, 0.15) is 18.3 Å². The second-order valence-electron chi connectivity index (χ2n) is 4.73. The highest BCUT2D eigenvalue weighted by Gasteiger charge is 2.07. The van der Waals surface area contributed by atoms with Crippen LogP contribution in [0, 0.1) is 0 Å². The molecule has 0 fully saturated rings. The first kappa shape index (κ1) is 16.1. The number of nitrogens with zero attached hydrogens (tertiary/aromatic N) is 4. The van der Waals surface area contributed by atoms with Crippen LogP contribution in [0.15, 0.2) is 40.3 Å². The SMILES string of the molecule is CS(=O)(=O)C/N=C(\[O-])CCC[n+]1ccc(-c2ncco2)cn1. The summed E-state index contributed by atoms with van der Waals surface area (Å²) in [6, 6.07) is 1.81. The number of oxazole rings is 1. The Morgan fingerprint density at radius 3 is 2.91 bits per heavy atom. The van der Waals surface area contributed by atoms with E-state index in [-0.39, 0.29) is 6.42 Å². The number of hydrogen-bond donors (Lipinski definition) is 0. The largest absolute Gasteiger partial charge is 0.862 e. The molecule has 118 valence electrons. The summed E-state index contributed by atoms with van der Waals surface area (Å²) in [6.45, 7) is 0.534. The van der Waals surface area contributed by atoms with Crippen molar-refractivity contribution in [2.45, 2.75) is 19.4 Å². The van der Waals surface area contributed by atoms with Crippen molar-refractivity contribution in [2.75, 3.05) is 12.1 Å². The van der Waals surface area contributed by atoms with Crippen LogP contribution in [0.1, 0.15) is 12.8 Å². The monoisotopic (exact) mass is 324 g/mol. The van der Waals surface area contributed by atoms with Gasteiger partial charge in [0.2, 0.25) is 5.89 Å². The molecule has 0 aliphatic rings. The van der Waals surface area contributed by atoms with Gasteiger partial charge in [-0.2, -0.15) is 0 Å². The molecule has 2 aromatic rings. The van der Waals surface area contributed by atoms with Crippen LogP contribution in [-0.4, -0.2) is 36.5 Å². The maximum absolute atomic E-state index is 11.4. The minimum absolute atomic E-state index is 0.186. The first-order chi connectivity index (χ1) is 10.4. The second kappa shape index (κ2) is 7.12. The van der Waals surface area contributed by atoms with Crippen molar-refractivity contribution in [1.29, 1.82) is 0 Å². The molecule has 2 aromatic heterocycles. The Labute approximate surface area is 128 Å². The molecule has 0 unspecified atom stereocenters. The molecule has 8 nitrogen and oxygen atoms in total. The molecule has 0 aliphatic carbocycles.